The first kappa shape index (κ1) is 26.9. The van der Waals surface area contributed by atoms with E-state index >= 15 is 0 Å². The number of rotatable bonds is 9. The van der Waals surface area contributed by atoms with Gasteiger partial charge in [0, 0.05) is 28.8 Å². The molecule has 1 saturated carbocycles. The van der Waals surface area contributed by atoms with Crippen LogP contribution in [0.4, 0.5) is 0 Å². The Bertz CT molecular complexity index is 1480. The standard InChI is InChI=1S/C31H36N4O4S/c1-5-6-12-39-20-15-22(31(2,3)4)28(36)25(16-20)35-32-23-10-9-21(17-24(23)33-35)40-13-11-34-29(37)26-18-7-8-19(14-18)27(26)30(34)38/h7-10,15-19,26-27,36H,5-6,11-14H2,1-4H3. The second-order valence-electron chi connectivity index (χ2n) is 12.1. The fourth-order valence-corrected chi connectivity index (χ4v) is 7.14. The molecule has 1 N–H and O–H groups in total. The Labute approximate surface area is 238 Å². The predicted molar refractivity (Wildman–Crippen MR) is 155 cm³/mol. The van der Waals surface area contributed by atoms with Gasteiger partial charge in [0.2, 0.25) is 11.8 Å². The van der Waals surface area contributed by atoms with Gasteiger partial charge in [0.05, 0.1) is 18.4 Å². The molecule has 2 aliphatic carbocycles. The number of hydrogen-bond donors (Lipinski definition) is 1. The van der Waals surface area contributed by atoms with Gasteiger partial charge in [-0.05, 0) is 54.4 Å². The number of fused-ring (bicyclic) bond motifs is 6. The van der Waals surface area contributed by atoms with Crippen LogP contribution in [-0.4, -0.2) is 55.7 Å². The molecule has 1 aromatic heterocycles. The molecule has 0 radical (unpaired) electrons. The van der Waals surface area contributed by atoms with Crippen LogP contribution >= 0.6 is 11.8 Å². The average Bonchev–Trinajstić information content (AvgIpc) is 3.68. The lowest BCUT2D eigenvalue weighted by molar-refractivity contribution is -0.140. The summed E-state index contributed by atoms with van der Waals surface area (Å²) in [5.74, 6) is 1.61. The summed E-state index contributed by atoms with van der Waals surface area (Å²) >= 11 is 1.59. The topological polar surface area (TPSA) is 97.6 Å². The molecule has 6 rings (SSSR count). The molecule has 2 fully saturated rings. The molecular formula is C31H36N4O4S. The fourth-order valence-electron chi connectivity index (χ4n) is 6.27. The molecule has 9 heteroatoms. The summed E-state index contributed by atoms with van der Waals surface area (Å²) < 4.78 is 5.99. The first-order valence-corrected chi connectivity index (χ1v) is 15.2. The van der Waals surface area contributed by atoms with Crippen molar-refractivity contribution in [2.75, 3.05) is 18.9 Å². The van der Waals surface area contributed by atoms with Crippen molar-refractivity contribution in [2.45, 2.75) is 57.3 Å². The number of ether oxygens (including phenoxy) is 1. The van der Waals surface area contributed by atoms with Crippen LogP contribution < -0.4 is 4.74 Å². The van der Waals surface area contributed by atoms with E-state index in [1.807, 2.05) is 24.3 Å². The maximum Gasteiger partial charge on any atom is 0.233 e. The fraction of sp³-hybridized carbons (Fsp3) is 0.484. The summed E-state index contributed by atoms with van der Waals surface area (Å²) in [7, 11) is 0. The number of benzene rings is 2. The van der Waals surface area contributed by atoms with Crippen molar-refractivity contribution in [1.29, 1.82) is 0 Å². The maximum absolute atomic E-state index is 13.0. The Kier molecular flexibility index (Phi) is 6.89. The maximum atomic E-state index is 13.0. The Morgan fingerprint density at radius 3 is 2.40 bits per heavy atom. The summed E-state index contributed by atoms with van der Waals surface area (Å²) in [6.07, 6.45) is 7.17. The van der Waals surface area contributed by atoms with Gasteiger partial charge in [-0.1, -0.05) is 46.3 Å². The van der Waals surface area contributed by atoms with E-state index in [2.05, 4.69) is 50.0 Å². The minimum absolute atomic E-state index is 0.00110. The Hall–Kier alpha value is -3.33. The second-order valence-corrected chi connectivity index (χ2v) is 13.3. The summed E-state index contributed by atoms with van der Waals surface area (Å²) in [5, 5.41) is 20.5. The molecule has 2 heterocycles. The van der Waals surface area contributed by atoms with Crippen molar-refractivity contribution in [3.8, 4) is 17.2 Å². The smallest absolute Gasteiger partial charge is 0.233 e. The van der Waals surface area contributed by atoms with E-state index in [0.29, 0.717) is 41.4 Å². The van der Waals surface area contributed by atoms with E-state index in [-0.39, 0.29) is 46.7 Å². The highest BCUT2D eigenvalue weighted by molar-refractivity contribution is 7.99. The number of amides is 2. The van der Waals surface area contributed by atoms with Gasteiger partial charge in [0.1, 0.15) is 28.2 Å². The molecule has 2 bridgehead atoms. The van der Waals surface area contributed by atoms with E-state index in [4.69, 9.17) is 4.74 Å². The van der Waals surface area contributed by atoms with Gasteiger partial charge < -0.3 is 9.84 Å². The van der Waals surface area contributed by atoms with Crippen LogP contribution in [0.2, 0.25) is 0 Å². The molecule has 1 aliphatic heterocycles. The minimum atomic E-state index is -0.299. The largest absolute Gasteiger partial charge is 0.505 e. The predicted octanol–water partition coefficient (Wildman–Crippen LogP) is 5.50. The lowest BCUT2D eigenvalue weighted by Crippen LogP contribution is -2.34. The molecule has 2 amide bonds. The third-order valence-corrected chi connectivity index (χ3v) is 9.32. The number of hydrogen-bond acceptors (Lipinski definition) is 7. The monoisotopic (exact) mass is 560 g/mol. The van der Waals surface area contributed by atoms with Crippen molar-refractivity contribution in [1.82, 2.24) is 19.9 Å². The Morgan fingerprint density at radius 1 is 1.02 bits per heavy atom. The molecule has 8 nitrogen and oxygen atoms in total. The number of likely N-dealkylation sites (tertiary alicyclic amines) is 1. The van der Waals surface area contributed by atoms with E-state index in [1.54, 1.807) is 17.8 Å². The van der Waals surface area contributed by atoms with Gasteiger partial charge in [-0.25, -0.2) is 0 Å². The van der Waals surface area contributed by atoms with Crippen LogP contribution in [0.25, 0.3) is 16.7 Å². The third-order valence-electron chi connectivity index (χ3n) is 8.35. The SMILES string of the molecule is CCCCOc1cc(-n2nc3ccc(SCCN4C(=O)C5C6C=CC(C6)C5C4=O)cc3n2)c(O)c(C(C)(C)C)c1. The van der Waals surface area contributed by atoms with Crippen molar-refractivity contribution < 1.29 is 19.4 Å². The number of carbonyl (C=O) groups excluding carboxylic acids is 2. The van der Waals surface area contributed by atoms with Crippen LogP contribution in [-0.2, 0) is 15.0 Å². The second kappa shape index (κ2) is 10.3. The number of thioether (sulfide) groups is 1. The number of nitrogens with zero attached hydrogens (tertiary/aromatic N) is 4. The molecule has 3 aliphatic rings. The van der Waals surface area contributed by atoms with Crippen molar-refractivity contribution in [3.63, 3.8) is 0 Å². The lowest BCUT2D eigenvalue weighted by Gasteiger charge is -2.23. The van der Waals surface area contributed by atoms with Crippen molar-refractivity contribution in [3.05, 3.63) is 48.0 Å². The van der Waals surface area contributed by atoms with E-state index in [1.165, 1.54) is 9.70 Å². The molecule has 1 saturated heterocycles. The van der Waals surface area contributed by atoms with Crippen LogP contribution in [0, 0.1) is 23.7 Å². The highest BCUT2D eigenvalue weighted by Crippen LogP contribution is 2.52. The van der Waals surface area contributed by atoms with Crippen LogP contribution in [0.3, 0.4) is 0 Å². The van der Waals surface area contributed by atoms with Gasteiger partial charge in [-0.15, -0.1) is 26.8 Å². The Morgan fingerprint density at radius 2 is 1.73 bits per heavy atom. The normalized spacial score (nSPS) is 23.6. The zero-order valence-corrected chi connectivity index (χ0v) is 24.3. The number of allylic oxidation sites excluding steroid dienone is 2. The number of phenolic OH excluding ortho intramolecular Hbond substituents is 1. The zero-order chi connectivity index (χ0) is 28.2. The van der Waals surface area contributed by atoms with Gasteiger partial charge in [-0.3, -0.25) is 14.5 Å². The molecule has 4 unspecified atom stereocenters. The third kappa shape index (κ3) is 4.68. The summed E-state index contributed by atoms with van der Waals surface area (Å²) in [5.41, 5.74) is 2.35. The van der Waals surface area contributed by atoms with E-state index in [9.17, 15) is 14.7 Å². The highest BCUT2D eigenvalue weighted by Gasteiger charge is 2.58. The highest BCUT2D eigenvalue weighted by atomic mass is 32.2. The molecule has 3 aromatic rings. The van der Waals surface area contributed by atoms with Crippen molar-refractivity contribution >= 4 is 34.6 Å². The number of imide groups is 1. The van der Waals surface area contributed by atoms with Gasteiger partial charge in [-0.2, -0.15) is 0 Å². The summed E-state index contributed by atoms with van der Waals surface area (Å²) in [4.78, 5) is 29.9. The molecule has 40 heavy (non-hydrogen) atoms. The van der Waals surface area contributed by atoms with Gasteiger partial charge in [0.15, 0.2) is 0 Å². The molecule has 0 spiro atoms. The lowest BCUT2D eigenvalue weighted by atomic mass is 9.85. The number of unbranched alkanes of at least 4 members (excludes halogenated alkanes) is 1. The first-order chi connectivity index (χ1) is 19.2. The summed E-state index contributed by atoms with van der Waals surface area (Å²) in [6, 6.07) is 9.53. The first-order valence-electron chi connectivity index (χ1n) is 14.2. The molecule has 4 atom stereocenters. The van der Waals surface area contributed by atoms with Crippen LogP contribution in [0.15, 0.2) is 47.4 Å². The molecule has 210 valence electrons. The Balaban J connectivity index is 1.18. The van der Waals surface area contributed by atoms with E-state index < -0.39 is 0 Å². The average molecular weight is 561 g/mol. The molecule has 2 aromatic carbocycles. The van der Waals surface area contributed by atoms with E-state index in [0.717, 1.165) is 29.7 Å². The van der Waals surface area contributed by atoms with Crippen LogP contribution in [0.1, 0.15) is 52.5 Å². The number of aromatic nitrogens is 3. The van der Waals surface area contributed by atoms with Gasteiger partial charge in [0.25, 0.3) is 0 Å². The molecular weight excluding hydrogens is 524 g/mol. The zero-order valence-electron chi connectivity index (χ0n) is 23.5. The quantitative estimate of drug-likeness (QED) is 0.160. The number of aromatic hydroxyl groups is 1. The minimum Gasteiger partial charge on any atom is -0.505 e. The van der Waals surface area contributed by atoms with Crippen LogP contribution in [0.5, 0.6) is 11.5 Å². The van der Waals surface area contributed by atoms with Gasteiger partial charge >= 0.3 is 0 Å². The van der Waals surface area contributed by atoms with Crippen molar-refractivity contribution in [2.24, 2.45) is 23.7 Å². The number of phenols is 1. The number of carbonyl (C=O) groups is 2. The summed E-state index contributed by atoms with van der Waals surface area (Å²) in [6.45, 7) is 9.29.